The molecule has 0 radical (unpaired) electrons. The first-order valence-corrected chi connectivity index (χ1v) is 9.04. The van der Waals surface area contributed by atoms with Crippen LogP contribution in [0.1, 0.15) is 17.3 Å². The number of carbonyl (C=O) groups excluding carboxylic acids is 1. The van der Waals surface area contributed by atoms with Crippen LogP contribution in [0.15, 0.2) is 59.8 Å². The van der Waals surface area contributed by atoms with Gasteiger partial charge in [-0.05, 0) is 31.2 Å². The Kier molecular flexibility index (Phi) is 5.85. The van der Waals surface area contributed by atoms with Crippen molar-refractivity contribution in [3.63, 3.8) is 0 Å². The van der Waals surface area contributed by atoms with E-state index < -0.39 is 11.9 Å². The summed E-state index contributed by atoms with van der Waals surface area (Å²) < 4.78 is 30.5. The maximum atomic E-state index is 12.6. The molecule has 0 fully saturated rings. The van der Waals surface area contributed by atoms with Crippen molar-refractivity contribution in [1.82, 2.24) is 14.8 Å². The number of nitrogens with zero attached hydrogens (tertiary/aromatic N) is 3. The van der Waals surface area contributed by atoms with E-state index in [0.29, 0.717) is 16.5 Å². The SMILES string of the molecule is C[C@@H](Sc1nnc(-c2ccccc2)n1C)C(=O)c1ccc(OC(F)F)cc1. The minimum atomic E-state index is -2.89. The number of hydrogen-bond acceptors (Lipinski definition) is 5. The highest BCUT2D eigenvalue weighted by molar-refractivity contribution is 8.00. The van der Waals surface area contributed by atoms with Crippen LogP contribution in [0.25, 0.3) is 11.4 Å². The van der Waals surface area contributed by atoms with Crippen molar-refractivity contribution in [2.45, 2.75) is 23.9 Å². The molecule has 27 heavy (non-hydrogen) atoms. The van der Waals surface area contributed by atoms with Crippen LogP contribution in [0.5, 0.6) is 5.75 Å². The molecule has 0 N–H and O–H groups in total. The van der Waals surface area contributed by atoms with E-state index in [1.165, 1.54) is 36.0 Å². The summed E-state index contributed by atoms with van der Waals surface area (Å²) in [7, 11) is 1.85. The Balaban J connectivity index is 1.71. The second-order valence-corrected chi connectivity index (χ2v) is 7.07. The number of halogens is 2. The molecule has 0 bridgehead atoms. The molecule has 1 aromatic heterocycles. The van der Waals surface area contributed by atoms with Crippen molar-refractivity contribution < 1.29 is 18.3 Å². The Labute approximate surface area is 159 Å². The van der Waals surface area contributed by atoms with E-state index in [0.717, 1.165) is 5.56 Å². The standard InChI is InChI=1S/C19H17F2N3O2S/c1-12(16(25)13-8-10-15(11-9-13)26-18(20)21)27-19-23-22-17(24(19)2)14-6-4-3-5-7-14/h3-12,18H,1-2H3/t12-/m1/s1. The van der Waals surface area contributed by atoms with E-state index in [9.17, 15) is 13.6 Å². The number of thioether (sulfide) groups is 1. The van der Waals surface area contributed by atoms with Crippen LogP contribution in [0.3, 0.4) is 0 Å². The molecule has 1 atom stereocenters. The number of Topliss-reactive ketones (excluding diaryl/α,β-unsaturated/α-hetero) is 1. The normalized spacial score (nSPS) is 12.2. The van der Waals surface area contributed by atoms with E-state index in [-0.39, 0.29) is 11.5 Å². The number of carbonyl (C=O) groups is 1. The highest BCUT2D eigenvalue weighted by Gasteiger charge is 2.20. The first-order chi connectivity index (χ1) is 13.0. The average molecular weight is 389 g/mol. The monoisotopic (exact) mass is 389 g/mol. The molecule has 0 spiro atoms. The van der Waals surface area contributed by atoms with Gasteiger partial charge in [0, 0.05) is 18.2 Å². The van der Waals surface area contributed by atoms with Gasteiger partial charge in [0.2, 0.25) is 0 Å². The Hall–Kier alpha value is -2.74. The topological polar surface area (TPSA) is 57.0 Å². The van der Waals surface area contributed by atoms with Crippen LogP contribution < -0.4 is 4.74 Å². The Morgan fingerprint density at radius 3 is 2.37 bits per heavy atom. The van der Waals surface area contributed by atoms with Gasteiger partial charge < -0.3 is 9.30 Å². The van der Waals surface area contributed by atoms with Crippen LogP contribution >= 0.6 is 11.8 Å². The van der Waals surface area contributed by atoms with Gasteiger partial charge in [0.15, 0.2) is 16.8 Å². The summed E-state index contributed by atoms with van der Waals surface area (Å²) in [6, 6.07) is 15.3. The maximum absolute atomic E-state index is 12.6. The average Bonchev–Trinajstić information content (AvgIpc) is 3.02. The minimum absolute atomic E-state index is 0.0164. The first kappa shape index (κ1) is 19.0. The molecule has 0 amide bonds. The van der Waals surface area contributed by atoms with Crippen molar-refractivity contribution in [3.05, 3.63) is 60.2 Å². The second-order valence-electron chi connectivity index (χ2n) is 5.76. The largest absolute Gasteiger partial charge is 0.435 e. The number of aromatic nitrogens is 3. The van der Waals surface area contributed by atoms with Crippen molar-refractivity contribution in [2.24, 2.45) is 7.05 Å². The summed E-state index contributed by atoms with van der Waals surface area (Å²) in [6.07, 6.45) is 0. The Morgan fingerprint density at radius 1 is 1.07 bits per heavy atom. The van der Waals surface area contributed by atoms with Gasteiger partial charge in [-0.15, -0.1) is 10.2 Å². The second kappa shape index (κ2) is 8.30. The van der Waals surface area contributed by atoms with Crippen molar-refractivity contribution in [2.75, 3.05) is 0 Å². The van der Waals surface area contributed by atoms with Gasteiger partial charge in [-0.3, -0.25) is 4.79 Å². The van der Waals surface area contributed by atoms with E-state index in [2.05, 4.69) is 14.9 Å². The fraction of sp³-hybridized carbons (Fsp3) is 0.211. The number of benzene rings is 2. The zero-order chi connectivity index (χ0) is 19.4. The molecule has 3 aromatic rings. The molecule has 1 heterocycles. The summed E-state index contributed by atoms with van der Waals surface area (Å²) in [5.41, 5.74) is 1.36. The van der Waals surface area contributed by atoms with Gasteiger partial charge in [-0.1, -0.05) is 42.1 Å². The molecule has 2 aromatic carbocycles. The lowest BCUT2D eigenvalue weighted by Gasteiger charge is -2.11. The van der Waals surface area contributed by atoms with Gasteiger partial charge in [0.25, 0.3) is 0 Å². The molecular weight excluding hydrogens is 372 g/mol. The number of hydrogen-bond donors (Lipinski definition) is 0. The number of ether oxygens (including phenoxy) is 1. The molecule has 0 aliphatic rings. The summed E-state index contributed by atoms with van der Waals surface area (Å²) in [4.78, 5) is 12.6. The smallest absolute Gasteiger partial charge is 0.387 e. The first-order valence-electron chi connectivity index (χ1n) is 8.16. The number of ketones is 1. The number of alkyl halides is 2. The minimum Gasteiger partial charge on any atom is -0.435 e. The quantitative estimate of drug-likeness (QED) is 0.441. The molecule has 0 saturated carbocycles. The summed E-state index contributed by atoms with van der Waals surface area (Å²) in [5, 5.41) is 8.58. The zero-order valence-electron chi connectivity index (χ0n) is 14.7. The van der Waals surface area contributed by atoms with Crippen LogP contribution in [-0.4, -0.2) is 32.4 Å². The van der Waals surface area contributed by atoms with Gasteiger partial charge in [-0.2, -0.15) is 8.78 Å². The van der Waals surface area contributed by atoms with Crippen LogP contribution in [0.4, 0.5) is 8.78 Å². The highest BCUT2D eigenvalue weighted by atomic mass is 32.2. The molecule has 0 unspecified atom stereocenters. The molecule has 0 aliphatic heterocycles. The third kappa shape index (κ3) is 4.51. The molecule has 0 saturated heterocycles. The van der Waals surface area contributed by atoms with Crippen LogP contribution in [-0.2, 0) is 7.05 Å². The Morgan fingerprint density at radius 2 is 1.74 bits per heavy atom. The highest BCUT2D eigenvalue weighted by Crippen LogP contribution is 2.27. The summed E-state index contributed by atoms with van der Waals surface area (Å²) in [6.45, 7) is -1.12. The van der Waals surface area contributed by atoms with Crippen LogP contribution in [0, 0.1) is 0 Å². The Bertz CT molecular complexity index is 914. The fourth-order valence-corrected chi connectivity index (χ4v) is 3.40. The third-order valence-electron chi connectivity index (χ3n) is 3.88. The lowest BCUT2D eigenvalue weighted by atomic mass is 10.1. The fourth-order valence-electron chi connectivity index (χ4n) is 2.50. The predicted molar refractivity (Wildman–Crippen MR) is 99.2 cm³/mol. The van der Waals surface area contributed by atoms with E-state index >= 15 is 0 Å². The maximum Gasteiger partial charge on any atom is 0.387 e. The predicted octanol–water partition coefficient (Wildman–Crippen LogP) is 4.45. The van der Waals surface area contributed by atoms with E-state index in [4.69, 9.17) is 0 Å². The molecule has 0 aliphatic carbocycles. The van der Waals surface area contributed by atoms with E-state index in [1.807, 2.05) is 41.9 Å². The van der Waals surface area contributed by atoms with Gasteiger partial charge >= 0.3 is 6.61 Å². The molecule has 3 rings (SSSR count). The summed E-state index contributed by atoms with van der Waals surface area (Å²) in [5.74, 6) is 0.599. The van der Waals surface area contributed by atoms with Gasteiger partial charge in [0.1, 0.15) is 5.75 Å². The van der Waals surface area contributed by atoms with E-state index in [1.54, 1.807) is 6.92 Å². The van der Waals surface area contributed by atoms with Crippen molar-refractivity contribution in [1.29, 1.82) is 0 Å². The lowest BCUT2D eigenvalue weighted by molar-refractivity contribution is -0.0498. The summed E-state index contributed by atoms with van der Waals surface area (Å²) >= 11 is 1.29. The number of rotatable bonds is 7. The van der Waals surface area contributed by atoms with Gasteiger partial charge in [-0.25, -0.2) is 0 Å². The lowest BCUT2D eigenvalue weighted by Crippen LogP contribution is -2.14. The molecule has 140 valence electrons. The van der Waals surface area contributed by atoms with Crippen molar-refractivity contribution in [3.8, 4) is 17.1 Å². The molecule has 8 heteroatoms. The third-order valence-corrected chi connectivity index (χ3v) is 5.02. The zero-order valence-corrected chi connectivity index (χ0v) is 15.5. The molecular formula is C19H17F2N3O2S. The van der Waals surface area contributed by atoms with Crippen molar-refractivity contribution >= 4 is 17.5 Å². The van der Waals surface area contributed by atoms with Gasteiger partial charge in [0.05, 0.1) is 5.25 Å². The molecule has 5 nitrogen and oxygen atoms in total. The van der Waals surface area contributed by atoms with Crippen LogP contribution in [0.2, 0.25) is 0 Å².